The summed E-state index contributed by atoms with van der Waals surface area (Å²) in [7, 11) is 0. The van der Waals surface area contributed by atoms with Gasteiger partial charge < -0.3 is 5.32 Å². The van der Waals surface area contributed by atoms with Gasteiger partial charge in [0.2, 0.25) is 0 Å². The average Bonchev–Trinajstić information content (AvgIpc) is 2.91. The van der Waals surface area contributed by atoms with Gasteiger partial charge in [0.25, 0.3) is 5.91 Å². The maximum Gasteiger partial charge on any atom is 0.255 e. The lowest BCUT2D eigenvalue weighted by Gasteiger charge is -2.09. The first-order valence-electron chi connectivity index (χ1n) is 6.02. The fourth-order valence-electron chi connectivity index (χ4n) is 1.92. The second-order valence-corrected chi connectivity index (χ2v) is 4.80. The number of nitrogens with zero attached hydrogens (tertiary/aromatic N) is 2. The maximum atomic E-state index is 12.2. The van der Waals surface area contributed by atoms with E-state index in [9.17, 15) is 4.79 Å². The summed E-state index contributed by atoms with van der Waals surface area (Å²) in [5, 5.41) is 13.9. The third-order valence-electron chi connectivity index (χ3n) is 3.09. The molecule has 0 aliphatic heterocycles. The van der Waals surface area contributed by atoms with Gasteiger partial charge in [0.1, 0.15) is 11.0 Å². The van der Waals surface area contributed by atoms with Gasteiger partial charge in [0.15, 0.2) is 0 Å². The van der Waals surface area contributed by atoms with Crippen molar-refractivity contribution in [1.82, 2.24) is 15.4 Å². The second-order valence-electron chi connectivity index (χ2n) is 4.39. The molecule has 0 aliphatic rings. The van der Waals surface area contributed by atoms with Crippen LogP contribution in [0.15, 0.2) is 36.4 Å². The number of fused-ring (bicyclic) bond motifs is 1. The Balaban J connectivity index is 1.90. The van der Waals surface area contributed by atoms with Crippen molar-refractivity contribution in [3.8, 4) is 0 Å². The number of halogens is 1. The Morgan fingerprint density at radius 3 is 2.85 bits per heavy atom. The number of amides is 1. The van der Waals surface area contributed by atoms with Crippen LogP contribution >= 0.6 is 11.6 Å². The molecular formula is C14H11ClN4O. The van der Waals surface area contributed by atoms with Gasteiger partial charge in [-0.3, -0.25) is 4.79 Å². The average molecular weight is 287 g/mol. The quantitative estimate of drug-likeness (QED) is 0.760. The van der Waals surface area contributed by atoms with Crippen molar-refractivity contribution in [2.24, 2.45) is 0 Å². The van der Waals surface area contributed by atoms with Gasteiger partial charge in [0, 0.05) is 16.3 Å². The van der Waals surface area contributed by atoms with Crippen molar-refractivity contribution in [1.29, 1.82) is 0 Å². The van der Waals surface area contributed by atoms with Crippen LogP contribution in [0.2, 0.25) is 5.02 Å². The molecule has 2 N–H and O–H groups in total. The van der Waals surface area contributed by atoms with Gasteiger partial charge in [-0.15, -0.1) is 0 Å². The summed E-state index contributed by atoms with van der Waals surface area (Å²) in [4.78, 5) is 12.2. The van der Waals surface area contributed by atoms with E-state index in [-0.39, 0.29) is 5.91 Å². The number of hydrogen-bond acceptors (Lipinski definition) is 3. The SMILES string of the molecule is Cc1c(Cl)cccc1NC(=O)c1ccc2n[nH]nc2c1. The highest BCUT2D eigenvalue weighted by molar-refractivity contribution is 6.31. The molecular weight excluding hydrogens is 276 g/mol. The molecule has 0 atom stereocenters. The Morgan fingerprint density at radius 1 is 1.20 bits per heavy atom. The number of H-pyrrole nitrogens is 1. The van der Waals surface area contributed by atoms with Gasteiger partial charge in [-0.1, -0.05) is 17.7 Å². The van der Waals surface area contributed by atoms with Gasteiger partial charge >= 0.3 is 0 Å². The molecule has 20 heavy (non-hydrogen) atoms. The molecule has 0 bridgehead atoms. The van der Waals surface area contributed by atoms with E-state index in [4.69, 9.17) is 11.6 Å². The van der Waals surface area contributed by atoms with E-state index in [2.05, 4.69) is 20.7 Å². The van der Waals surface area contributed by atoms with E-state index in [1.165, 1.54) is 0 Å². The zero-order valence-corrected chi connectivity index (χ0v) is 11.4. The van der Waals surface area contributed by atoms with Crippen molar-refractivity contribution >= 4 is 34.2 Å². The predicted octanol–water partition coefficient (Wildman–Crippen LogP) is 3.17. The summed E-state index contributed by atoms with van der Waals surface area (Å²) in [5.74, 6) is -0.208. The lowest BCUT2D eigenvalue weighted by Crippen LogP contribution is -2.12. The largest absolute Gasteiger partial charge is 0.322 e. The van der Waals surface area contributed by atoms with E-state index in [1.54, 1.807) is 30.3 Å². The molecule has 1 heterocycles. The number of anilines is 1. The molecule has 1 amide bonds. The Bertz CT molecular complexity index is 797. The van der Waals surface area contributed by atoms with Crippen LogP contribution in [0.5, 0.6) is 0 Å². The third kappa shape index (κ3) is 2.23. The Kier molecular flexibility index (Phi) is 3.12. The highest BCUT2D eigenvalue weighted by Crippen LogP contribution is 2.23. The van der Waals surface area contributed by atoms with E-state index >= 15 is 0 Å². The lowest BCUT2D eigenvalue weighted by molar-refractivity contribution is 0.102. The molecule has 100 valence electrons. The normalized spacial score (nSPS) is 10.7. The first kappa shape index (κ1) is 12.6. The zero-order chi connectivity index (χ0) is 14.1. The number of aromatic nitrogens is 3. The van der Waals surface area contributed by atoms with Crippen LogP contribution in [0.3, 0.4) is 0 Å². The molecule has 3 aromatic rings. The fourth-order valence-corrected chi connectivity index (χ4v) is 2.09. The highest BCUT2D eigenvalue weighted by atomic mass is 35.5. The van der Waals surface area contributed by atoms with Crippen LogP contribution in [0.4, 0.5) is 5.69 Å². The number of carbonyl (C=O) groups is 1. The molecule has 6 heteroatoms. The first-order valence-corrected chi connectivity index (χ1v) is 6.40. The minimum atomic E-state index is -0.208. The number of carbonyl (C=O) groups excluding carboxylic acids is 1. The van der Waals surface area contributed by atoms with E-state index < -0.39 is 0 Å². The maximum absolute atomic E-state index is 12.2. The molecule has 0 saturated heterocycles. The molecule has 0 unspecified atom stereocenters. The number of hydrogen-bond donors (Lipinski definition) is 2. The zero-order valence-electron chi connectivity index (χ0n) is 10.6. The van der Waals surface area contributed by atoms with Gasteiger partial charge in [0.05, 0.1) is 0 Å². The molecule has 0 radical (unpaired) electrons. The monoisotopic (exact) mass is 286 g/mol. The number of rotatable bonds is 2. The number of aromatic amines is 1. The highest BCUT2D eigenvalue weighted by Gasteiger charge is 2.10. The first-order chi connectivity index (χ1) is 9.65. The second kappa shape index (κ2) is 4.94. The molecule has 0 aliphatic carbocycles. The topological polar surface area (TPSA) is 70.7 Å². The Hall–Kier alpha value is -2.40. The molecule has 2 aromatic carbocycles. The smallest absolute Gasteiger partial charge is 0.255 e. The van der Waals surface area contributed by atoms with Crippen molar-refractivity contribution < 1.29 is 4.79 Å². The van der Waals surface area contributed by atoms with E-state index in [1.807, 2.05) is 13.0 Å². The van der Waals surface area contributed by atoms with E-state index in [0.29, 0.717) is 21.8 Å². The van der Waals surface area contributed by atoms with Crippen LogP contribution in [0.1, 0.15) is 15.9 Å². The van der Waals surface area contributed by atoms with Crippen LogP contribution in [-0.2, 0) is 0 Å². The summed E-state index contributed by atoms with van der Waals surface area (Å²) in [6.45, 7) is 1.86. The standard InChI is InChI=1S/C14H11ClN4O/c1-8-10(15)3-2-4-11(8)16-14(20)9-5-6-12-13(7-9)18-19-17-12/h2-7H,1H3,(H,16,20)(H,17,18,19). The van der Waals surface area contributed by atoms with Gasteiger partial charge in [-0.05, 0) is 42.8 Å². The fraction of sp³-hybridized carbons (Fsp3) is 0.0714. The Labute approximate surface area is 120 Å². The molecule has 3 rings (SSSR count). The van der Waals surface area contributed by atoms with Crippen LogP contribution in [0, 0.1) is 6.92 Å². The summed E-state index contributed by atoms with van der Waals surface area (Å²) in [6.07, 6.45) is 0. The van der Waals surface area contributed by atoms with Crippen LogP contribution in [-0.4, -0.2) is 21.3 Å². The van der Waals surface area contributed by atoms with Gasteiger partial charge in [-0.2, -0.15) is 15.4 Å². The van der Waals surface area contributed by atoms with Gasteiger partial charge in [-0.25, -0.2) is 0 Å². The summed E-state index contributed by atoms with van der Waals surface area (Å²) < 4.78 is 0. The molecule has 1 aromatic heterocycles. The third-order valence-corrected chi connectivity index (χ3v) is 3.50. The Morgan fingerprint density at radius 2 is 2.00 bits per heavy atom. The van der Waals surface area contributed by atoms with Crippen molar-refractivity contribution in [3.05, 3.63) is 52.5 Å². The molecule has 0 spiro atoms. The van der Waals surface area contributed by atoms with E-state index in [0.717, 1.165) is 11.1 Å². The van der Waals surface area contributed by atoms with Crippen molar-refractivity contribution in [3.63, 3.8) is 0 Å². The molecule has 5 nitrogen and oxygen atoms in total. The summed E-state index contributed by atoms with van der Waals surface area (Å²) in [6, 6.07) is 10.5. The molecule has 0 fully saturated rings. The van der Waals surface area contributed by atoms with Crippen molar-refractivity contribution in [2.45, 2.75) is 6.92 Å². The number of benzene rings is 2. The van der Waals surface area contributed by atoms with Crippen LogP contribution < -0.4 is 5.32 Å². The number of nitrogens with one attached hydrogen (secondary N) is 2. The van der Waals surface area contributed by atoms with Crippen LogP contribution in [0.25, 0.3) is 11.0 Å². The minimum absolute atomic E-state index is 0.208. The minimum Gasteiger partial charge on any atom is -0.322 e. The predicted molar refractivity (Wildman–Crippen MR) is 78.0 cm³/mol. The molecule has 0 saturated carbocycles. The van der Waals surface area contributed by atoms with Crippen molar-refractivity contribution in [2.75, 3.05) is 5.32 Å². The summed E-state index contributed by atoms with van der Waals surface area (Å²) >= 11 is 6.03. The summed E-state index contributed by atoms with van der Waals surface area (Å²) in [5.41, 5.74) is 3.43. The lowest BCUT2D eigenvalue weighted by atomic mass is 10.1.